The van der Waals surface area contributed by atoms with E-state index < -0.39 is 35.0 Å². The molecule has 158 valence electrons. The summed E-state index contributed by atoms with van der Waals surface area (Å²) in [7, 11) is 0. The number of amides is 3. The second-order valence-electron chi connectivity index (χ2n) is 8.70. The minimum atomic E-state index is -1.20. The van der Waals surface area contributed by atoms with Gasteiger partial charge >= 0.3 is 0 Å². The number of nitrogens with zero attached hydrogens (tertiary/aromatic N) is 3. The van der Waals surface area contributed by atoms with Crippen LogP contribution < -0.4 is 9.80 Å². The molecule has 4 atom stereocenters. The van der Waals surface area contributed by atoms with Crippen LogP contribution in [0.5, 0.6) is 0 Å². The van der Waals surface area contributed by atoms with E-state index in [1.165, 1.54) is 18.2 Å². The molecule has 0 N–H and O–H groups in total. The number of fused-ring (bicyclic) bond motifs is 7. The quantitative estimate of drug-likeness (QED) is 0.703. The van der Waals surface area contributed by atoms with E-state index >= 15 is 0 Å². The van der Waals surface area contributed by atoms with Gasteiger partial charge in [-0.15, -0.1) is 0 Å². The van der Waals surface area contributed by atoms with Gasteiger partial charge in [0.05, 0.1) is 17.5 Å². The van der Waals surface area contributed by atoms with Crippen molar-refractivity contribution < 1.29 is 18.8 Å². The molecule has 3 amide bonds. The van der Waals surface area contributed by atoms with Gasteiger partial charge in [-0.1, -0.05) is 30.3 Å². The van der Waals surface area contributed by atoms with E-state index in [9.17, 15) is 18.8 Å². The topological polar surface area (TPSA) is 60.9 Å². The molecule has 4 aliphatic rings. The van der Waals surface area contributed by atoms with Crippen LogP contribution in [0.2, 0.25) is 0 Å². The Morgan fingerprint density at radius 1 is 1.00 bits per heavy atom. The number of rotatable bonds is 2. The zero-order valence-corrected chi connectivity index (χ0v) is 17.1. The first-order valence-corrected chi connectivity index (χ1v) is 10.8. The van der Waals surface area contributed by atoms with Gasteiger partial charge in [-0.2, -0.15) is 0 Å². The van der Waals surface area contributed by atoms with Gasteiger partial charge in [0.15, 0.2) is 0 Å². The van der Waals surface area contributed by atoms with Crippen LogP contribution in [-0.2, 0) is 19.9 Å². The Bertz CT molecular complexity index is 1150. The van der Waals surface area contributed by atoms with Crippen LogP contribution in [0.1, 0.15) is 25.3 Å². The van der Waals surface area contributed by atoms with Gasteiger partial charge in [-0.3, -0.25) is 19.3 Å². The highest BCUT2D eigenvalue weighted by Crippen LogP contribution is 2.61. The van der Waals surface area contributed by atoms with Crippen molar-refractivity contribution in [1.82, 2.24) is 4.90 Å². The molecule has 0 aliphatic carbocycles. The summed E-state index contributed by atoms with van der Waals surface area (Å²) in [6.45, 7) is 3.05. The van der Waals surface area contributed by atoms with Crippen LogP contribution in [0.4, 0.5) is 15.8 Å². The first-order chi connectivity index (χ1) is 15.0. The number of carbonyl (C=O) groups is 3. The lowest BCUT2D eigenvalue weighted by molar-refractivity contribution is -0.137. The number of likely N-dealkylation sites (N-methyl/N-ethyl adjacent to an activating group) is 1. The lowest BCUT2D eigenvalue weighted by Gasteiger charge is -2.37. The Labute approximate surface area is 179 Å². The fourth-order valence-electron chi connectivity index (χ4n) is 6.52. The number of hydrogen-bond acceptors (Lipinski definition) is 4. The van der Waals surface area contributed by atoms with Crippen molar-refractivity contribution in [3.05, 3.63) is 59.9 Å². The molecule has 2 aromatic carbocycles. The average molecular weight is 419 g/mol. The number of imide groups is 1. The summed E-state index contributed by atoms with van der Waals surface area (Å²) in [6, 6.07) is 13.2. The van der Waals surface area contributed by atoms with Crippen LogP contribution in [0, 0.1) is 17.7 Å². The molecule has 6 nitrogen and oxygen atoms in total. The summed E-state index contributed by atoms with van der Waals surface area (Å²) in [5, 5.41) is 0. The molecular weight excluding hydrogens is 397 g/mol. The zero-order valence-electron chi connectivity index (χ0n) is 17.1. The number of carbonyl (C=O) groups excluding carboxylic acids is 3. The third kappa shape index (κ3) is 2.03. The molecule has 6 rings (SSSR count). The smallest absolute Gasteiger partial charge is 0.253 e. The number of anilines is 2. The lowest BCUT2D eigenvalue weighted by atomic mass is 9.75. The number of para-hydroxylation sites is 2. The molecule has 31 heavy (non-hydrogen) atoms. The SMILES string of the molecule is CCN1C(=O)[C@]2(c3ccccc31)[C@@H]1C(=O)N(c3ccccc3F)C(=O)[C@H]1[C@@H]1CCCN12. The highest BCUT2D eigenvalue weighted by atomic mass is 19.1. The fourth-order valence-corrected chi connectivity index (χ4v) is 6.52. The molecule has 0 aromatic heterocycles. The van der Waals surface area contributed by atoms with E-state index in [1.54, 1.807) is 11.0 Å². The fraction of sp³-hybridized carbons (Fsp3) is 0.375. The first-order valence-electron chi connectivity index (χ1n) is 10.8. The number of hydrogen-bond donors (Lipinski definition) is 0. The Morgan fingerprint density at radius 3 is 2.45 bits per heavy atom. The molecule has 3 saturated heterocycles. The largest absolute Gasteiger partial charge is 0.310 e. The minimum Gasteiger partial charge on any atom is -0.310 e. The van der Waals surface area contributed by atoms with E-state index in [2.05, 4.69) is 4.90 Å². The maximum atomic E-state index is 14.6. The monoisotopic (exact) mass is 419 g/mol. The van der Waals surface area contributed by atoms with Crippen molar-refractivity contribution >= 4 is 29.1 Å². The summed E-state index contributed by atoms with van der Waals surface area (Å²) in [4.78, 5) is 46.2. The molecule has 7 heteroatoms. The highest BCUT2D eigenvalue weighted by Gasteiger charge is 2.75. The predicted molar refractivity (Wildman–Crippen MR) is 112 cm³/mol. The molecule has 4 heterocycles. The van der Waals surface area contributed by atoms with Crippen LogP contribution in [0.25, 0.3) is 0 Å². The maximum Gasteiger partial charge on any atom is 0.253 e. The summed E-state index contributed by atoms with van der Waals surface area (Å²) >= 11 is 0. The van der Waals surface area contributed by atoms with Gasteiger partial charge in [-0.25, -0.2) is 9.29 Å². The lowest BCUT2D eigenvalue weighted by Crippen LogP contribution is -2.56. The second-order valence-corrected chi connectivity index (χ2v) is 8.70. The van der Waals surface area contributed by atoms with Crippen LogP contribution >= 0.6 is 0 Å². The molecule has 2 aromatic rings. The minimum absolute atomic E-state index is 0.0299. The summed E-state index contributed by atoms with van der Waals surface area (Å²) in [5.74, 6) is -3.13. The Kier molecular flexibility index (Phi) is 3.76. The van der Waals surface area contributed by atoms with Gasteiger partial charge in [0.2, 0.25) is 11.8 Å². The van der Waals surface area contributed by atoms with Gasteiger partial charge in [-0.05, 0) is 44.5 Å². The van der Waals surface area contributed by atoms with Gasteiger partial charge < -0.3 is 4.90 Å². The van der Waals surface area contributed by atoms with Gasteiger partial charge in [0, 0.05) is 23.8 Å². The van der Waals surface area contributed by atoms with Gasteiger partial charge in [0.25, 0.3) is 5.91 Å². The molecular formula is C24H22FN3O3. The van der Waals surface area contributed by atoms with Gasteiger partial charge in [0.1, 0.15) is 11.4 Å². The van der Waals surface area contributed by atoms with Crippen molar-refractivity contribution in [2.75, 3.05) is 22.9 Å². The Balaban J connectivity index is 1.59. The zero-order chi connectivity index (χ0) is 21.5. The van der Waals surface area contributed by atoms with Crippen molar-refractivity contribution in [3.63, 3.8) is 0 Å². The van der Waals surface area contributed by atoms with Crippen molar-refractivity contribution in [2.45, 2.75) is 31.3 Å². The molecule has 0 bridgehead atoms. The van der Waals surface area contributed by atoms with Crippen molar-refractivity contribution in [3.8, 4) is 0 Å². The standard InChI is InChI=1S/C24H22FN3O3/c1-2-26-16-10-5-3-8-14(16)24(23(26)31)20-19(18-12-7-13-27(18)24)21(29)28(22(20)30)17-11-6-4-9-15(17)25/h3-6,8-11,18-20H,2,7,12-13H2,1H3/t18-,19-,20-,24-/m0/s1. The van der Waals surface area contributed by atoms with Crippen molar-refractivity contribution in [1.29, 1.82) is 0 Å². The third-order valence-corrected chi connectivity index (χ3v) is 7.55. The van der Waals surface area contributed by atoms with E-state index in [0.29, 0.717) is 13.1 Å². The molecule has 1 spiro atoms. The third-order valence-electron chi connectivity index (χ3n) is 7.55. The predicted octanol–water partition coefficient (Wildman–Crippen LogP) is 2.67. The summed E-state index contributed by atoms with van der Waals surface area (Å²) in [6.07, 6.45) is 1.60. The van der Waals surface area contributed by atoms with Crippen LogP contribution in [0.3, 0.4) is 0 Å². The molecule has 4 aliphatic heterocycles. The summed E-state index contributed by atoms with van der Waals surface area (Å²) < 4.78 is 14.6. The number of benzene rings is 2. The van der Waals surface area contributed by atoms with E-state index in [4.69, 9.17) is 0 Å². The first kappa shape index (κ1) is 18.7. The maximum absolute atomic E-state index is 14.6. The molecule has 3 fully saturated rings. The van der Waals surface area contributed by atoms with E-state index in [-0.39, 0.29) is 17.6 Å². The normalized spacial score (nSPS) is 31.7. The van der Waals surface area contributed by atoms with E-state index in [0.717, 1.165) is 29.0 Å². The Morgan fingerprint density at radius 2 is 1.71 bits per heavy atom. The van der Waals surface area contributed by atoms with E-state index in [1.807, 2.05) is 31.2 Å². The second kappa shape index (κ2) is 6.23. The van der Waals surface area contributed by atoms with Crippen molar-refractivity contribution in [2.24, 2.45) is 11.8 Å². The molecule has 0 unspecified atom stereocenters. The Hall–Kier alpha value is -3.06. The average Bonchev–Trinajstić information content (AvgIpc) is 3.47. The van der Waals surface area contributed by atoms with Crippen LogP contribution in [-0.4, -0.2) is 41.8 Å². The number of halogens is 1. The summed E-state index contributed by atoms with van der Waals surface area (Å²) in [5.41, 5.74) is 0.354. The highest BCUT2D eigenvalue weighted by molar-refractivity contribution is 6.26. The van der Waals surface area contributed by atoms with Crippen LogP contribution in [0.15, 0.2) is 48.5 Å². The molecule has 0 saturated carbocycles. The molecule has 0 radical (unpaired) electrons.